The average molecular weight is 245 g/mol. The van der Waals surface area contributed by atoms with Crippen LogP contribution in [-0.2, 0) is 20.8 Å². The molecule has 0 radical (unpaired) electrons. The first-order valence-corrected chi connectivity index (χ1v) is 7.00. The van der Waals surface area contributed by atoms with Gasteiger partial charge in [-0.3, -0.25) is 9.00 Å². The molecular formula is C8H7NO4S2. The fraction of sp³-hybridized carbons (Fsp3) is 0.125. The summed E-state index contributed by atoms with van der Waals surface area (Å²) in [4.78, 5) is 11.5. The lowest BCUT2D eigenvalue weighted by molar-refractivity contribution is 0.0985. The smallest absolute Gasteiger partial charge is 0.266 e. The van der Waals surface area contributed by atoms with Crippen molar-refractivity contribution in [3.05, 3.63) is 23.8 Å². The van der Waals surface area contributed by atoms with E-state index in [9.17, 15) is 17.4 Å². The van der Waals surface area contributed by atoms with E-state index in [0.29, 0.717) is 4.90 Å². The zero-order valence-corrected chi connectivity index (χ0v) is 9.31. The van der Waals surface area contributed by atoms with E-state index in [4.69, 9.17) is 0 Å². The van der Waals surface area contributed by atoms with Gasteiger partial charge in [0.05, 0.1) is 5.56 Å². The van der Waals surface area contributed by atoms with Crippen LogP contribution >= 0.6 is 0 Å². The SMILES string of the molecule is CS(=O)c1ccc2c(c1)S(=O)(=O)NC2=O. The number of amides is 1. The van der Waals surface area contributed by atoms with Crippen molar-refractivity contribution in [1.29, 1.82) is 0 Å². The van der Waals surface area contributed by atoms with Crippen LogP contribution in [0.4, 0.5) is 0 Å². The lowest BCUT2D eigenvalue weighted by Gasteiger charge is -1.98. The minimum Gasteiger partial charge on any atom is -0.268 e. The fourth-order valence-electron chi connectivity index (χ4n) is 1.32. The summed E-state index contributed by atoms with van der Waals surface area (Å²) in [6.07, 6.45) is 1.44. The van der Waals surface area contributed by atoms with Crippen molar-refractivity contribution in [2.75, 3.05) is 6.26 Å². The van der Waals surface area contributed by atoms with E-state index < -0.39 is 26.7 Å². The molecule has 15 heavy (non-hydrogen) atoms. The third-order valence-corrected chi connectivity index (χ3v) is 4.33. The topological polar surface area (TPSA) is 80.3 Å². The first-order valence-electron chi connectivity index (χ1n) is 3.96. The summed E-state index contributed by atoms with van der Waals surface area (Å²) in [5, 5.41) is 0. The van der Waals surface area contributed by atoms with Crippen molar-refractivity contribution >= 4 is 26.7 Å². The lowest BCUT2D eigenvalue weighted by atomic mass is 10.2. The zero-order chi connectivity index (χ0) is 11.2. The molecule has 80 valence electrons. The van der Waals surface area contributed by atoms with Crippen molar-refractivity contribution in [2.24, 2.45) is 0 Å². The maximum absolute atomic E-state index is 11.4. The molecule has 1 heterocycles. The minimum atomic E-state index is -3.74. The number of benzene rings is 1. The Kier molecular flexibility index (Phi) is 2.16. The number of fused-ring (bicyclic) bond motifs is 1. The number of carbonyl (C=O) groups excluding carboxylic acids is 1. The van der Waals surface area contributed by atoms with Crippen LogP contribution in [0.2, 0.25) is 0 Å². The van der Waals surface area contributed by atoms with Gasteiger partial charge < -0.3 is 0 Å². The highest BCUT2D eigenvalue weighted by atomic mass is 32.2. The van der Waals surface area contributed by atoms with Gasteiger partial charge in [-0.05, 0) is 18.2 Å². The normalized spacial score (nSPS) is 19.4. The molecule has 0 spiro atoms. The minimum absolute atomic E-state index is 0.0970. The summed E-state index contributed by atoms with van der Waals surface area (Å²) in [6, 6.07) is 4.11. The first kappa shape index (κ1) is 10.3. The average Bonchev–Trinajstić information content (AvgIpc) is 2.37. The highest BCUT2D eigenvalue weighted by Gasteiger charge is 2.32. The molecule has 2 rings (SSSR count). The maximum Gasteiger partial charge on any atom is 0.266 e. The van der Waals surface area contributed by atoms with Gasteiger partial charge >= 0.3 is 0 Å². The fourth-order valence-corrected chi connectivity index (χ4v) is 3.14. The molecule has 1 atom stereocenters. The monoisotopic (exact) mass is 245 g/mol. The summed E-state index contributed by atoms with van der Waals surface area (Å²) in [6.45, 7) is 0. The van der Waals surface area contributed by atoms with Crippen LogP contribution in [0.3, 0.4) is 0 Å². The summed E-state index contributed by atoms with van der Waals surface area (Å²) in [7, 11) is -5.01. The van der Waals surface area contributed by atoms with Gasteiger partial charge in [0, 0.05) is 22.0 Å². The molecule has 1 aliphatic rings. The van der Waals surface area contributed by atoms with Gasteiger partial charge in [-0.2, -0.15) is 0 Å². The number of hydrogen-bond donors (Lipinski definition) is 1. The summed E-state index contributed by atoms with van der Waals surface area (Å²) in [5.74, 6) is -0.640. The second-order valence-corrected chi connectivity index (χ2v) is 6.08. The van der Waals surface area contributed by atoms with E-state index in [-0.39, 0.29) is 10.5 Å². The second-order valence-electron chi connectivity index (χ2n) is 3.05. The zero-order valence-electron chi connectivity index (χ0n) is 7.68. The maximum atomic E-state index is 11.4. The Morgan fingerprint density at radius 1 is 1.33 bits per heavy atom. The summed E-state index contributed by atoms with van der Waals surface area (Å²) < 4.78 is 35.8. The molecule has 0 bridgehead atoms. The number of nitrogens with one attached hydrogen (secondary N) is 1. The van der Waals surface area contributed by atoms with Gasteiger partial charge in [-0.25, -0.2) is 13.1 Å². The molecule has 1 amide bonds. The van der Waals surface area contributed by atoms with Crippen LogP contribution in [0.15, 0.2) is 28.0 Å². The molecule has 1 aromatic rings. The van der Waals surface area contributed by atoms with Crippen molar-refractivity contribution in [2.45, 2.75) is 9.79 Å². The van der Waals surface area contributed by atoms with Gasteiger partial charge in [0.1, 0.15) is 4.90 Å². The van der Waals surface area contributed by atoms with Gasteiger partial charge in [-0.1, -0.05) is 0 Å². The Bertz CT molecular complexity index is 576. The van der Waals surface area contributed by atoms with E-state index in [1.54, 1.807) is 0 Å². The molecule has 1 aromatic carbocycles. The molecular weight excluding hydrogens is 238 g/mol. The van der Waals surface area contributed by atoms with Gasteiger partial charge in [-0.15, -0.1) is 0 Å². The summed E-state index contributed by atoms with van der Waals surface area (Å²) in [5.41, 5.74) is 0.101. The van der Waals surface area contributed by atoms with Gasteiger partial charge in [0.25, 0.3) is 15.9 Å². The van der Waals surface area contributed by atoms with E-state index in [0.717, 1.165) is 0 Å². The molecule has 1 aliphatic heterocycles. The lowest BCUT2D eigenvalue weighted by Crippen LogP contribution is -2.20. The summed E-state index contributed by atoms with van der Waals surface area (Å²) >= 11 is 0. The Morgan fingerprint density at radius 3 is 2.60 bits per heavy atom. The number of hydrogen-bond acceptors (Lipinski definition) is 4. The predicted octanol–water partition coefficient (Wildman–Crippen LogP) is -0.144. The number of rotatable bonds is 1. The standard InChI is InChI=1S/C8H7NO4S2/c1-14(11)5-2-3-6-7(4-5)15(12,13)9-8(6)10/h2-4H,1H3,(H,9,10). The largest absolute Gasteiger partial charge is 0.268 e. The number of carbonyl (C=O) groups is 1. The Labute approximate surface area is 89.0 Å². The Hall–Kier alpha value is -1.21. The Morgan fingerprint density at radius 2 is 2.00 bits per heavy atom. The van der Waals surface area contributed by atoms with Crippen LogP contribution in [0.5, 0.6) is 0 Å². The molecule has 1 unspecified atom stereocenters. The van der Waals surface area contributed by atoms with E-state index >= 15 is 0 Å². The highest BCUT2D eigenvalue weighted by molar-refractivity contribution is 7.90. The molecule has 7 heteroatoms. The van der Waals surface area contributed by atoms with Crippen molar-refractivity contribution in [1.82, 2.24) is 4.72 Å². The highest BCUT2D eigenvalue weighted by Crippen LogP contribution is 2.24. The van der Waals surface area contributed by atoms with Crippen molar-refractivity contribution in [3.63, 3.8) is 0 Å². The predicted molar refractivity (Wildman–Crippen MR) is 53.4 cm³/mol. The van der Waals surface area contributed by atoms with Crippen LogP contribution < -0.4 is 4.72 Å². The van der Waals surface area contributed by atoms with Gasteiger partial charge in [0.15, 0.2) is 0 Å². The van der Waals surface area contributed by atoms with Crippen molar-refractivity contribution < 1.29 is 17.4 Å². The number of sulfonamides is 1. The molecule has 0 aromatic heterocycles. The van der Waals surface area contributed by atoms with Crippen molar-refractivity contribution in [3.8, 4) is 0 Å². The molecule has 0 aliphatic carbocycles. The third-order valence-electron chi connectivity index (χ3n) is 2.05. The van der Waals surface area contributed by atoms with Crippen LogP contribution in [0.1, 0.15) is 10.4 Å². The molecule has 5 nitrogen and oxygen atoms in total. The second kappa shape index (κ2) is 3.14. The molecule has 0 fully saturated rings. The van der Waals surface area contributed by atoms with E-state index in [1.807, 2.05) is 4.72 Å². The Balaban J connectivity index is 2.73. The van der Waals surface area contributed by atoms with E-state index in [1.165, 1.54) is 24.5 Å². The molecule has 1 N–H and O–H groups in total. The third kappa shape index (κ3) is 1.57. The molecule has 0 saturated heterocycles. The van der Waals surface area contributed by atoms with Gasteiger partial charge in [0.2, 0.25) is 0 Å². The quantitative estimate of drug-likeness (QED) is 0.746. The molecule has 0 saturated carbocycles. The van der Waals surface area contributed by atoms with Crippen LogP contribution in [0, 0.1) is 0 Å². The van der Waals surface area contributed by atoms with E-state index in [2.05, 4.69) is 0 Å². The van der Waals surface area contributed by atoms with Crippen LogP contribution in [-0.4, -0.2) is 24.8 Å². The first-order chi connectivity index (χ1) is 6.92. The van der Waals surface area contributed by atoms with Crippen LogP contribution in [0.25, 0.3) is 0 Å².